The third-order valence-electron chi connectivity index (χ3n) is 5.65. The Balaban J connectivity index is 2.22. The Labute approximate surface area is 111 Å². The van der Waals surface area contributed by atoms with Crippen LogP contribution in [0.2, 0.25) is 0 Å². The number of hydrogen-bond acceptors (Lipinski definition) is 2. The highest BCUT2D eigenvalue weighted by molar-refractivity contribution is 5.87. The predicted octanol–water partition coefficient (Wildman–Crippen LogP) is 4.10. The Hall–Kier alpha value is -0.790. The van der Waals surface area contributed by atoms with Gasteiger partial charge in [0.25, 0.3) is 0 Å². The van der Waals surface area contributed by atoms with Crippen LogP contribution in [0.4, 0.5) is 0 Å². The SMILES string of the molecule is C=C(C)C(=O)OC1CC2CCC1(CCC)C2(C)C. The molecular formula is C16H26O2. The molecule has 2 rings (SSSR count). The average molecular weight is 250 g/mol. The van der Waals surface area contributed by atoms with Crippen LogP contribution in [0.25, 0.3) is 0 Å². The van der Waals surface area contributed by atoms with Crippen LogP contribution in [-0.4, -0.2) is 12.1 Å². The lowest BCUT2D eigenvalue weighted by Gasteiger charge is -2.42. The topological polar surface area (TPSA) is 26.3 Å². The van der Waals surface area contributed by atoms with Gasteiger partial charge in [-0.15, -0.1) is 0 Å². The highest BCUT2D eigenvalue weighted by atomic mass is 16.5. The molecule has 2 bridgehead atoms. The highest BCUT2D eigenvalue weighted by Crippen LogP contribution is 2.68. The van der Waals surface area contributed by atoms with E-state index in [-0.39, 0.29) is 17.5 Å². The van der Waals surface area contributed by atoms with Crippen LogP contribution in [0.5, 0.6) is 0 Å². The fourth-order valence-electron chi connectivity index (χ4n) is 4.44. The summed E-state index contributed by atoms with van der Waals surface area (Å²) in [7, 11) is 0. The van der Waals surface area contributed by atoms with Gasteiger partial charge in [0.2, 0.25) is 0 Å². The molecule has 3 atom stereocenters. The molecule has 0 heterocycles. The van der Waals surface area contributed by atoms with Gasteiger partial charge in [0, 0.05) is 11.0 Å². The van der Waals surface area contributed by atoms with E-state index >= 15 is 0 Å². The first-order valence-electron chi connectivity index (χ1n) is 7.21. The van der Waals surface area contributed by atoms with Crippen LogP contribution >= 0.6 is 0 Å². The van der Waals surface area contributed by atoms with E-state index in [2.05, 4.69) is 27.4 Å². The quantitative estimate of drug-likeness (QED) is 0.554. The summed E-state index contributed by atoms with van der Waals surface area (Å²) in [6.07, 6.45) is 6.00. The number of ether oxygens (including phenoxy) is 1. The number of hydrogen-bond donors (Lipinski definition) is 0. The first kappa shape index (κ1) is 13.6. The van der Waals surface area contributed by atoms with Crippen molar-refractivity contribution in [2.24, 2.45) is 16.7 Å². The molecule has 102 valence electrons. The normalized spacial score (nSPS) is 36.7. The molecule has 2 fully saturated rings. The summed E-state index contributed by atoms with van der Waals surface area (Å²) in [6.45, 7) is 12.4. The Bertz CT molecular complexity index is 369. The summed E-state index contributed by atoms with van der Waals surface area (Å²) in [4.78, 5) is 11.8. The van der Waals surface area contributed by atoms with Crippen LogP contribution in [0.1, 0.15) is 59.8 Å². The van der Waals surface area contributed by atoms with Gasteiger partial charge >= 0.3 is 5.97 Å². The van der Waals surface area contributed by atoms with Crippen molar-refractivity contribution in [1.82, 2.24) is 0 Å². The Kier molecular flexibility index (Phi) is 3.33. The minimum Gasteiger partial charge on any atom is -0.458 e. The fraction of sp³-hybridized carbons (Fsp3) is 0.812. The van der Waals surface area contributed by atoms with Crippen LogP contribution < -0.4 is 0 Å². The first-order valence-corrected chi connectivity index (χ1v) is 7.21. The molecule has 0 radical (unpaired) electrons. The Morgan fingerprint density at radius 2 is 2.11 bits per heavy atom. The summed E-state index contributed by atoms with van der Waals surface area (Å²) >= 11 is 0. The zero-order valence-electron chi connectivity index (χ0n) is 12.2. The zero-order chi connectivity index (χ0) is 13.6. The third kappa shape index (κ3) is 1.72. The van der Waals surface area contributed by atoms with Gasteiger partial charge in [-0.3, -0.25) is 0 Å². The molecule has 0 aromatic rings. The highest BCUT2D eigenvalue weighted by Gasteiger charge is 2.64. The van der Waals surface area contributed by atoms with Gasteiger partial charge in [-0.2, -0.15) is 0 Å². The van der Waals surface area contributed by atoms with E-state index in [0.717, 1.165) is 12.8 Å². The van der Waals surface area contributed by atoms with E-state index in [1.165, 1.54) is 19.3 Å². The standard InChI is InChI=1S/C16H26O2/c1-6-8-16-9-7-12(15(16,4)5)10-13(16)18-14(17)11(2)3/h12-13H,2,6-10H2,1,3-5H3. The maximum absolute atomic E-state index is 11.8. The van der Waals surface area contributed by atoms with E-state index in [4.69, 9.17) is 4.74 Å². The van der Waals surface area contributed by atoms with E-state index < -0.39 is 0 Å². The lowest BCUT2D eigenvalue weighted by molar-refractivity contribution is -0.153. The van der Waals surface area contributed by atoms with E-state index in [1.54, 1.807) is 6.92 Å². The minimum absolute atomic E-state index is 0.107. The molecular weight excluding hydrogens is 224 g/mol. The van der Waals surface area contributed by atoms with Crippen molar-refractivity contribution in [3.8, 4) is 0 Å². The molecule has 2 aliphatic rings. The minimum atomic E-state index is -0.209. The lowest BCUT2D eigenvalue weighted by atomic mass is 9.66. The molecule has 0 spiro atoms. The van der Waals surface area contributed by atoms with Crippen LogP contribution in [0.15, 0.2) is 12.2 Å². The maximum atomic E-state index is 11.8. The lowest BCUT2D eigenvalue weighted by Crippen LogP contribution is -2.41. The number of rotatable bonds is 4. The van der Waals surface area contributed by atoms with Crippen molar-refractivity contribution in [3.63, 3.8) is 0 Å². The predicted molar refractivity (Wildman–Crippen MR) is 73.2 cm³/mol. The van der Waals surface area contributed by atoms with Crippen LogP contribution in [0, 0.1) is 16.7 Å². The van der Waals surface area contributed by atoms with Crippen molar-refractivity contribution < 1.29 is 9.53 Å². The molecule has 2 nitrogen and oxygen atoms in total. The molecule has 0 aromatic carbocycles. The molecule has 2 saturated carbocycles. The number of fused-ring (bicyclic) bond motifs is 2. The number of carbonyl (C=O) groups excluding carboxylic acids is 1. The van der Waals surface area contributed by atoms with Crippen LogP contribution in [-0.2, 0) is 9.53 Å². The molecule has 18 heavy (non-hydrogen) atoms. The largest absolute Gasteiger partial charge is 0.458 e. The molecule has 2 heteroatoms. The average Bonchev–Trinajstić information content (AvgIpc) is 2.63. The summed E-state index contributed by atoms with van der Waals surface area (Å²) in [5, 5.41) is 0. The van der Waals surface area contributed by atoms with E-state index in [1.807, 2.05) is 0 Å². The third-order valence-corrected chi connectivity index (χ3v) is 5.65. The van der Waals surface area contributed by atoms with Crippen molar-refractivity contribution >= 4 is 5.97 Å². The second kappa shape index (κ2) is 4.40. The molecule has 0 aromatic heterocycles. The van der Waals surface area contributed by atoms with Gasteiger partial charge in [-0.25, -0.2) is 4.79 Å². The van der Waals surface area contributed by atoms with Crippen molar-refractivity contribution in [2.45, 2.75) is 65.9 Å². The smallest absolute Gasteiger partial charge is 0.333 e. The van der Waals surface area contributed by atoms with Gasteiger partial charge in [-0.05, 0) is 43.9 Å². The van der Waals surface area contributed by atoms with Crippen LogP contribution in [0.3, 0.4) is 0 Å². The van der Waals surface area contributed by atoms with Gasteiger partial charge in [0.05, 0.1) is 0 Å². The summed E-state index contributed by atoms with van der Waals surface area (Å²) in [5.74, 6) is 0.505. The van der Waals surface area contributed by atoms with Gasteiger partial charge < -0.3 is 4.74 Å². The molecule has 0 aliphatic heterocycles. The molecule has 3 unspecified atom stereocenters. The Morgan fingerprint density at radius 3 is 2.61 bits per heavy atom. The Morgan fingerprint density at radius 1 is 1.44 bits per heavy atom. The van der Waals surface area contributed by atoms with Crippen molar-refractivity contribution in [1.29, 1.82) is 0 Å². The van der Waals surface area contributed by atoms with Gasteiger partial charge in [-0.1, -0.05) is 33.8 Å². The molecule has 0 saturated heterocycles. The zero-order valence-corrected chi connectivity index (χ0v) is 12.2. The second-order valence-electron chi connectivity index (χ2n) is 6.77. The molecule has 2 aliphatic carbocycles. The van der Waals surface area contributed by atoms with Gasteiger partial charge in [0.1, 0.15) is 6.10 Å². The monoisotopic (exact) mass is 250 g/mol. The molecule has 0 N–H and O–H groups in total. The second-order valence-corrected chi connectivity index (χ2v) is 6.77. The molecule has 0 amide bonds. The number of esters is 1. The van der Waals surface area contributed by atoms with E-state index in [0.29, 0.717) is 16.9 Å². The summed E-state index contributed by atoms with van der Waals surface area (Å²) in [5.41, 5.74) is 1.03. The summed E-state index contributed by atoms with van der Waals surface area (Å²) < 4.78 is 5.76. The van der Waals surface area contributed by atoms with E-state index in [9.17, 15) is 4.79 Å². The van der Waals surface area contributed by atoms with Crippen molar-refractivity contribution in [3.05, 3.63) is 12.2 Å². The van der Waals surface area contributed by atoms with Crippen molar-refractivity contribution in [2.75, 3.05) is 0 Å². The number of carbonyl (C=O) groups is 1. The summed E-state index contributed by atoms with van der Waals surface area (Å²) in [6, 6.07) is 0. The van der Waals surface area contributed by atoms with Gasteiger partial charge in [0.15, 0.2) is 0 Å². The maximum Gasteiger partial charge on any atom is 0.333 e. The first-order chi connectivity index (χ1) is 8.35. The fourth-order valence-corrected chi connectivity index (χ4v) is 4.44.